The molecule has 0 aliphatic carbocycles. The van der Waals surface area contributed by atoms with Crippen molar-refractivity contribution in [2.45, 2.75) is 24.8 Å². The van der Waals surface area contributed by atoms with E-state index in [0.717, 1.165) is 0 Å². The Kier molecular flexibility index (Phi) is 4.57. The van der Waals surface area contributed by atoms with Crippen molar-refractivity contribution >= 4 is 10.0 Å². The summed E-state index contributed by atoms with van der Waals surface area (Å²) in [6.45, 7) is 6.06. The van der Waals surface area contributed by atoms with Gasteiger partial charge in [0.25, 0.3) is 0 Å². The van der Waals surface area contributed by atoms with E-state index in [4.69, 9.17) is 4.84 Å². The minimum atomic E-state index is -3.36. The van der Waals surface area contributed by atoms with Gasteiger partial charge < -0.3 is 0 Å². The highest BCUT2D eigenvalue weighted by Crippen LogP contribution is 2.17. The van der Waals surface area contributed by atoms with Gasteiger partial charge >= 0.3 is 0 Å². The molecule has 19 heavy (non-hydrogen) atoms. The lowest BCUT2D eigenvalue weighted by Crippen LogP contribution is -2.49. The molecular formula is C13H20N2O3S. The van der Waals surface area contributed by atoms with Crippen LogP contribution in [0.4, 0.5) is 0 Å². The van der Waals surface area contributed by atoms with Crippen molar-refractivity contribution in [3.63, 3.8) is 0 Å². The lowest BCUT2D eigenvalue weighted by molar-refractivity contribution is -0.197. The van der Waals surface area contributed by atoms with Gasteiger partial charge in [0.05, 0.1) is 11.0 Å². The molecule has 2 rings (SSSR count). The van der Waals surface area contributed by atoms with Crippen LogP contribution < -0.4 is 0 Å². The molecule has 5 nitrogen and oxygen atoms in total. The van der Waals surface area contributed by atoms with Crippen molar-refractivity contribution in [1.29, 1.82) is 0 Å². The van der Waals surface area contributed by atoms with Crippen LogP contribution >= 0.6 is 0 Å². The van der Waals surface area contributed by atoms with E-state index < -0.39 is 10.0 Å². The van der Waals surface area contributed by atoms with Crippen molar-refractivity contribution in [3.8, 4) is 0 Å². The first-order valence-electron chi connectivity index (χ1n) is 6.47. The Labute approximate surface area is 114 Å². The van der Waals surface area contributed by atoms with Gasteiger partial charge in [0, 0.05) is 26.2 Å². The van der Waals surface area contributed by atoms with Crippen LogP contribution in [0.3, 0.4) is 0 Å². The maximum atomic E-state index is 12.4. The van der Waals surface area contributed by atoms with Gasteiger partial charge in [-0.25, -0.2) is 8.42 Å². The molecule has 1 fully saturated rings. The third kappa shape index (κ3) is 3.54. The maximum Gasteiger partial charge on any atom is 0.243 e. The molecule has 0 N–H and O–H groups in total. The normalized spacial score (nSPS) is 18.9. The standard InChI is InChI=1S/C13H20N2O3S/c1-12(2)18-14-8-10-15(11-9-14)19(16,17)13-6-4-3-5-7-13/h3-7,12H,8-11H2,1-2H3. The number of benzene rings is 1. The summed E-state index contributed by atoms with van der Waals surface area (Å²) in [4.78, 5) is 5.92. The first-order valence-corrected chi connectivity index (χ1v) is 7.91. The summed E-state index contributed by atoms with van der Waals surface area (Å²) in [7, 11) is -3.36. The monoisotopic (exact) mass is 284 g/mol. The molecule has 0 atom stereocenters. The van der Waals surface area contributed by atoms with E-state index in [1.54, 1.807) is 24.3 Å². The highest BCUT2D eigenvalue weighted by atomic mass is 32.2. The zero-order valence-corrected chi connectivity index (χ0v) is 12.1. The van der Waals surface area contributed by atoms with Crippen LogP contribution in [-0.4, -0.2) is 50.1 Å². The SMILES string of the molecule is CC(C)ON1CCN(S(=O)(=O)c2ccccc2)CC1. The summed E-state index contributed by atoms with van der Waals surface area (Å²) in [6, 6.07) is 8.56. The molecule has 0 aromatic heterocycles. The van der Waals surface area contributed by atoms with Gasteiger partial charge in [0.1, 0.15) is 0 Å². The summed E-state index contributed by atoms with van der Waals surface area (Å²) in [5.74, 6) is 0. The minimum absolute atomic E-state index is 0.122. The van der Waals surface area contributed by atoms with E-state index >= 15 is 0 Å². The number of piperazine rings is 1. The molecule has 1 heterocycles. The third-order valence-electron chi connectivity index (χ3n) is 2.94. The second-order valence-corrected chi connectivity index (χ2v) is 6.74. The first-order chi connectivity index (χ1) is 9.00. The van der Waals surface area contributed by atoms with E-state index in [9.17, 15) is 8.42 Å². The number of hydroxylamine groups is 2. The van der Waals surface area contributed by atoms with Crippen LogP contribution in [0.5, 0.6) is 0 Å². The molecule has 1 aliphatic heterocycles. The topological polar surface area (TPSA) is 49.9 Å². The first kappa shape index (κ1) is 14.5. The average Bonchev–Trinajstić information content (AvgIpc) is 2.40. The van der Waals surface area contributed by atoms with E-state index in [1.165, 1.54) is 4.31 Å². The van der Waals surface area contributed by atoms with Crippen molar-refractivity contribution in [2.24, 2.45) is 0 Å². The minimum Gasteiger partial charge on any atom is -0.296 e. The van der Waals surface area contributed by atoms with Gasteiger partial charge in [-0.15, -0.1) is 0 Å². The van der Waals surface area contributed by atoms with Crippen LogP contribution in [0.2, 0.25) is 0 Å². The van der Waals surface area contributed by atoms with Crippen molar-refractivity contribution in [1.82, 2.24) is 9.37 Å². The van der Waals surface area contributed by atoms with Crippen molar-refractivity contribution in [2.75, 3.05) is 26.2 Å². The average molecular weight is 284 g/mol. The fraction of sp³-hybridized carbons (Fsp3) is 0.538. The largest absolute Gasteiger partial charge is 0.296 e. The Morgan fingerprint density at radius 3 is 2.16 bits per heavy atom. The molecule has 0 unspecified atom stereocenters. The summed E-state index contributed by atoms with van der Waals surface area (Å²) in [6.07, 6.45) is 0.122. The molecule has 1 aromatic rings. The highest BCUT2D eigenvalue weighted by Gasteiger charge is 2.28. The Morgan fingerprint density at radius 2 is 1.63 bits per heavy atom. The van der Waals surface area contributed by atoms with Crippen LogP contribution in [0.1, 0.15) is 13.8 Å². The Hall–Kier alpha value is -0.950. The fourth-order valence-corrected chi connectivity index (χ4v) is 3.50. The van der Waals surface area contributed by atoms with Gasteiger partial charge in [-0.1, -0.05) is 18.2 Å². The molecule has 1 saturated heterocycles. The van der Waals surface area contributed by atoms with Crippen LogP contribution in [0, 0.1) is 0 Å². The summed E-state index contributed by atoms with van der Waals surface area (Å²) < 4.78 is 26.3. The second kappa shape index (κ2) is 6.00. The van der Waals surface area contributed by atoms with E-state index in [0.29, 0.717) is 31.1 Å². The van der Waals surface area contributed by atoms with Crippen LogP contribution in [0.25, 0.3) is 0 Å². The van der Waals surface area contributed by atoms with E-state index in [-0.39, 0.29) is 6.10 Å². The smallest absolute Gasteiger partial charge is 0.243 e. The highest BCUT2D eigenvalue weighted by molar-refractivity contribution is 7.89. The number of rotatable bonds is 4. The van der Waals surface area contributed by atoms with Gasteiger partial charge in [-0.2, -0.15) is 9.37 Å². The van der Waals surface area contributed by atoms with Gasteiger partial charge in [-0.05, 0) is 26.0 Å². The molecule has 0 radical (unpaired) electrons. The van der Waals surface area contributed by atoms with E-state index in [1.807, 2.05) is 25.0 Å². The predicted molar refractivity (Wildman–Crippen MR) is 73.0 cm³/mol. The Balaban J connectivity index is 2.01. The van der Waals surface area contributed by atoms with Crippen LogP contribution in [-0.2, 0) is 14.9 Å². The van der Waals surface area contributed by atoms with Gasteiger partial charge in [0.15, 0.2) is 0 Å². The lowest BCUT2D eigenvalue weighted by Gasteiger charge is -2.34. The van der Waals surface area contributed by atoms with Crippen molar-refractivity contribution in [3.05, 3.63) is 30.3 Å². The molecule has 0 saturated carbocycles. The van der Waals surface area contributed by atoms with Gasteiger partial charge in [0.2, 0.25) is 10.0 Å². The van der Waals surface area contributed by atoms with Crippen LogP contribution in [0.15, 0.2) is 35.2 Å². The summed E-state index contributed by atoms with van der Waals surface area (Å²) in [5, 5.41) is 1.84. The molecule has 0 spiro atoms. The predicted octanol–water partition coefficient (Wildman–Crippen LogP) is 1.33. The molecular weight excluding hydrogens is 264 g/mol. The Bertz CT molecular complexity index is 494. The number of sulfonamides is 1. The second-order valence-electron chi connectivity index (χ2n) is 4.80. The summed E-state index contributed by atoms with van der Waals surface area (Å²) >= 11 is 0. The van der Waals surface area contributed by atoms with Crippen molar-refractivity contribution < 1.29 is 13.3 Å². The zero-order chi connectivity index (χ0) is 13.9. The maximum absolute atomic E-state index is 12.4. The molecule has 6 heteroatoms. The molecule has 0 bridgehead atoms. The zero-order valence-electron chi connectivity index (χ0n) is 11.3. The molecule has 1 aromatic carbocycles. The quantitative estimate of drug-likeness (QED) is 0.837. The van der Waals surface area contributed by atoms with Gasteiger partial charge in [-0.3, -0.25) is 4.84 Å². The Morgan fingerprint density at radius 1 is 1.05 bits per heavy atom. The fourth-order valence-electron chi connectivity index (χ4n) is 2.06. The summed E-state index contributed by atoms with van der Waals surface area (Å²) in [5.41, 5.74) is 0. The molecule has 0 amide bonds. The van der Waals surface area contributed by atoms with E-state index in [2.05, 4.69) is 0 Å². The molecule has 1 aliphatic rings. The molecule has 106 valence electrons. The number of hydrogen-bond donors (Lipinski definition) is 0. The number of nitrogens with zero attached hydrogens (tertiary/aromatic N) is 2. The number of hydrogen-bond acceptors (Lipinski definition) is 4. The lowest BCUT2D eigenvalue weighted by atomic mass is 10.4. The third-order valence-corrected chi connectivity index (χ3v) is 4.85.